The van der Waals surface area contributed by atoms with Gasteiger partial charge in [0, 0.05) is 23.1 Å². The molecule has 2 aromatic carbocycles. The fraction of sp³-hybridized carbons (Fsp3) is 0.261. The highest BCUT2D eigenvalue weighted by Gasteiger charge is 2.25. The Morgan fingerprint density at radius 1 is 1.16 bits per heavy atom. The fourth-order valence-electron chi connectivity index (χ4n) is 3.57. The molecule has 0 unspecified atom stereocenters. The summed E-state index contributed by atoms with van der Waals surface area (Å²) in [6.45, 7) is 2.01. The number of benzene rings is 2. The maximum atomic E-state index is 12.6. The van der Waals surface area contributed by atoms with E-state index in [4.69, 9.17) is 4.74 Å². The number of thiazole rings is 1. The number of fused-ring (bicyclic) bond motifs is 1. The van der Waals surface area contributed by atoms with Crippen molar-refractivity contribution in [3.63, 3.8) is 0 Å². The van der Waals surface area contributed by atoms with E-state index in [0.29, 0.717) is 35.6 Å². The normalized spacial score (nSPS) is 13.5. The molecule has 1 aliphatic heterocycles. The van der Waals surface area contributed by atoms with Crippen molar-refractivity contribution in [2.75, 3.05) is 23.7 Å². The predicted molar refractivity (Wildman–Crippen MR) is 124 cm³/mol. The van der Waals surface area contributed by atoms with Gasteiger partial charge in [-0.15, -0.1) is 11.3 Å². The molecule has 9 heteroatoms. The van der Waals surface area contributed by atoms with Gasteiger partial charge in [0.1, 0.15) is 5.01 Å². The quantitative estimate of drug-likeness (QED) is 0.401. The first-order valence-electron chi connectivity index (χ1n) is 10.1. The largest absolute Gasteiger partial charge is 0.453 e. The number of rotatable bonds is 6. The Labute approximate surface area is 190 Å². The van der Waals surface area contributed by atoms with Crippen molar-refractivity contribution < 1.29 is 22.7 Å². The molecule has 0 saturated heterocycles. The summed E-state index contributed by atoms with van der Waals surface area (Å²) in [5.41, 5.74) is 3.97. The van der Waals surface area contributed by atoms with Crippen molar-refractivity contribution >= 4 is 38.8 Å². The summed E-state index contributed by atoms with van der Waals surface area (Å²) in [5, 5.41) is 2.31. The van der Waals surface area contributed by atoms with Gasteiger partial charge in [-0.05, 0) is 43.5 Å². The van der Waals surface area contributed by atoms with Gasteiger partial charge in [0.05, 0.1) is 11.9 Å². The molecular formula is C23H22N2O5S2. The lowest BCUT2D eigenvalue weighted by Crippen LogP contribution is -2.34. The molecule has 1 aromatic heterocycles. The number of hydrogen-bond acceptors (Lipinski definition) is 7. The van der Waals surface area contributed by atoms with E-state index in [1.165, 1.54) is 21.9 Å². The first-order valence-corrected chi connectivity index (χ1v) is 12.8. The molecule has 3 aromatic rings. The minimum Gasteiger partial charge on any atom is -0.453 e. The summed E-state index contributed by atoms with van der Waals surface area (Å²) in [5.74, 6) is -1.01. The van der Waals surface area contributed by atoms with Crippen molar-refractivity contribution in [3.8, 4) is 10.6 Å². The smallest absolute Gasteiger partial charge is 0.358 e. The molecule has 0 atom stereocenters. The van der Waals surface area contributed by atoms with Gasteiger partial charge in [-0.3, -0.25) is 9.10 Å². The molecule has 2 heterocycles. The zero-order chi connectivity index (χ0) is 22.9. The monoisotopic (exact) mass is 470 g/mol. The van der Waals surface area contributed by atoms with Gasteiger partial charge in [-0.25, -0.2) is 18.2 Å². The van der Waals surface area contributed by atoms with Crippen LogP contribution in [0.5, 0.6) is 0 Å². The minimum atomic E-state index is -3.37. The van der Waals surface area contributed by atoms with Crippen LogP contribution < -0.4 is 4.31 Å². The van der Waals surface area contributed by atoms with Gasteiger partial charge in [-0.1, -0.05) is 29.8 Å². The van der Waals surface area contributed by atoms with Gasteiger partial charge in [-0.2, -0.15) is 0 Å². The van der Waals surface area contributed by atoms with Crippen molar-refractivity contribution in [1.29, 1.82) is 0 Å². The van der Waals surface area contributed by atoms with Crippen LogP contribution in [0.15, 0.2) is 47.8 Å². The van der Waals surface area contributed by atoms with E-state index in [1.54, 1.807) is 23.6 Å². The second kappa shape index (κ2) is 8.84. The molecule has 4 rings (SSSR count). The lowest BCUT2D eigenvalue weighted by Gasteiger charge is -2.29. The highest BCUT2D eigenvalue weighted by molar-refractivity contribution is 7.92. The Bertz CT molecular complexity index is 1280. The molecule has 7 nitrogen and oxygen atoms in total. The Morgan fingerprint density at radius 2 is 1.91 bits per heavy atom. The number of Topliss-reactive ketones (excluding diaryl/α,β-unsaturated/α-hetero) is 1. The molecule has 0 fully saturated rings. The number of esters is 1. The maximum Gasteiger partial charge on any atom is 0.358 e. The Hall–Kier alpha value is -3.04. The molecular weight excluding hydrogens is 448 g/mol. The van der Waals surface area contributed by atoms with Crippen LogP contribution in [0.3, 0.4) is 0 Å². The van der Waals surface area contributed by atoms with Gasteiger partial charge < -0.3 is 4.74 Å². The Kier molecular flexibility index (Phi) is 6.12. The zero-order valence-electron chi connectivity index (χ0n) is 17.7. The van der Waals surface area contributed by atoms with E-state index in [-0.39, 0.29) is 11.5 Å². The van der Waals surface area contributed by atoms with Crippen LogP contribution in [0.1, 0.15) is 38.4 Å². The van der Waals surface area contributed by atoms with E-state index in [9.17, 15) is 18.0 Å². The van der Waals surface area contributed by atoms with Crippen LogP contribution in [0.2, 0.25) is 0 Å². The number of anilines is 1. The van der Waals surface area contributed by atoms with E-state index >= 15 is 0 Å². The standard InChI is InChI=1S/C23H22N2O5S2/c1-15-5-7-16(8-6-15)22-24-19(14-31-22)23(27)30-13-21(26)18-9-10-20-17(12-18)4-3-11-25(20)32(2,28)29/h5-10,12,14H,3-4,11,13H2,1-2H3. The first-order chi connectivity index (χ1) is 15.2. The summed E-state index contributed by atoms with van der Waals surface area (Å²) in [7, 11) is -3.37. The number of carbonyl (C=O) groups excluding carboxylic acids is 2. The molecule has 0 saturated carbocycles. The fourth-order valence-corrected chi connectivity index (χ4v) is 5.36. The summed E-state index contributed by atoms with van der Waals surface area (Å²) in [4.78, 5) is 29.3. The summed E-state index contributed by atoms with van der Waals surface area (Å²) < 4.78 is 30.5. The summed E-state index contributed by atoms with van der Waals surface area (Å²) in [6, 6.07) is 12.7. The van der Waals surface area contributed by atoms with Crippen molar-refractivity contribution in [2.24, 2.45) is 0 Å². The van der Waals surface area contributed by atoms with E-state index < -0.39 is 22.6 Å². The molecule has 1 aliphatic rings. The SMILES string of the molecule is Cc1ccc(-c2nc(C(=O)OCC(=O)c3ccc4c(c3)CCCN4S(C)(=O)=O)cs2)cc1. The molecule has 32 heavy (non-hydrogen) atoms. The highest BCUT2D eigenvalue weighted by Crippen LogP contribution is 2.30. The lowest BCUT2D eigenvalue weighted by molar-refractivity contribution is 0.0470. The number of hydrogen-bond donors (Lipinski definition) is 0. The number of ketones is 1. The minimum absolute atomic E-state index is 0.160. The Balaban J connectivity index is 1.42. The maximum absolute atomic E-state index is 12.6. The predicted octanol–water partition coefficient (Wildman–Crippen LogP) is 3.87. The summed E-state index contributed by atoms with van der Waals surface area (Å²) >= 11 is 1.33. The van der Waals surface area contributed by atoms with Crippen LogP contribution in [0, 0.1) is 6.92 Å². The van der Waals surface area contributed by atoms with Crippen LogP contribution in [-0.4, -0.2) is 44.6 Å². The van der Waals surface area contributed by atoms with Crippen molar-refractivity contribution in [2.45, 2.75) is 19.8 Å². The van der Waals surface area contributed by atoms with Crippen molar-refractivity contribution in [3.05, 3.63) is 70.2 Å². The number of nitrogens with zero attached hydrogens (tertiary/aromatic N) is 2. The van der Waals surface area contributed by atoms with Gasteiger partial charge >= 0.3 is 5.97 Å². The molecule has 0 bridgehead atoms. The molecule has 0 aliphatic carbocycles. The third-order valence-electron chi connectivity index (χ3n) is 5.22. The first kappa shape index (κ1) is 22.2. The van der Waals surface area contributed by atoms with Crippen LogP contribution in [0.25, 0.3) is 10.6 Å². The number of carbonyl (C=O) groups is 2. The van der Waals surface area contributed by atoms with Crippen LogP contribution in [-0.2, 0) is 21.2 Å². The zero-order valence-corrected chi connectivity index (χ0v) is 19.3. The van der Waals surface area contributed by atoms with E-state index in [0.717, 1.165) is 16.7 Å². The van der Waals surface area contributed by atoms with Crippen molar-refractivity contribution in [1.82, 2.24) is 4.98 Å². The molecule has 166 valence electrons. The molecule has 0 N–H and O–H groups in total. The number of aryl methyl sites for hydroxylation is 2. The Morgan fingerprint density at radius 3 is 2.62 bits per heavy atom. The highest BCUT2D eigenvalue weighted by atomic mass is 32.2. The summed E-state index contributed by atoms with van der Waals surface area (Å²) in [6.07, 6.45) is 2.53. The lowest BCUT2D eigenvalue weighted by atomic mass is 9.99. The second-order valence-electron chi connectivity index (χ2n) is 7.69. The second-order valence-corrected chi connectivity index (χ2v) is 10.5. The van der Waals surface area contributed by atoms with Gasteiger partial charge in [0.2, 0.25) is 10.0 Å². The van der Waals surface area contributed by atoms with Gasteiger partial charge in [0.25, 0.3) is 0 Å². The molecule has 0 radical (unpaired) electrons. The van der Waals surface area contributed by atoms with E-state index in [1.807, 2.05) is 31.2 Å². The molecule has 0 spiro atoms. The van der Waals surface area contributed by atoms with E-state index in [2.05, 4.69) is 4.98 Å². The number of aromatic nitrogens is 1. The number of sulfonamides is 1. The third-order valence-corrected chi connectivity index (χ3v) is 7.30. The third kappa shape index (κ3) is 4.73. The van der Waals surface area contributed by atoms with Crippen LogP contribution in [0.4, 0.5) is 5.69 Å². The average molecular weight is 471 g/mol. The average Bonchev–Trinajstić information content (AvgIpc) is 3.26. The van der Waals surface area contributed by atoms with Crippen LogP contribution >= 0.6 is 11.3 Å². The van der Waals surface area contributed by atoms with Gasteiger partial charge in [0.15, 0.2) is 18.1 Å². The molecule has 0 amide bonds. The topological polar surface area (TPSA) is 93.6 Å². The number of ether oxygens (including phenoxy) is 1.